The fourth-order valence-corrected chi connectivity index (χ4v) is 4.58. The topological polar surface area (TPSA) is 12.0 Å². The van der Waals surface area contributed by atoms with Crippen LogP contribution in [0.3, 0.4) is 0 Å². The van der Waals surface area contributed by atoms with Crippen molar-refractivity contribution in [2.24, 2.45) is 29.6 Å². The van der Waals surface area contributed by atoms with Gasteiger partial charge in [-0.1, -0.05) is 27.2 Å². The third-order valence-electron chi connectivity index (χ3n) is 5.79. The Morgan fingerprint density at radius 1 is 0.941 bits per heavy atom. The van der Waals surface area contributed by atoms with E-state index in [1.807, 2.05) is 0 Å². The highest BCUT2D eigenvalue weighted by Gasteiger charge is 2.48. The van der Waals surface area contributed by atoms with Crippen molar-refractivity contribution in [1.82, 2.24) is 5.32 Å². The van der Waals surface area contributed by atoms with Crippen LogP contribution in [0.4, 0.5) is 0 Å². The summed E-state index contributed by atoms with van der Waals surface area (Å²) in [5, 5.41) is 4.07. The normalized spacial score (nSPS) is 49.4. The maximum atomic E-state index is 4.07. The maximum Gasteiger partial charge on any atom is 0.0103 e. The summed E-state index contributed by atoms with van der Waals surface area (Å²) >= 11 is 0. The number of nitrogens with one attached hydrogen (secondary N) is 1. The van der Waals surface area contributed by atoms with E-state index in [2.05, 4.69) is 26.1 Å². The van der Waals surface area contributed by atoms with Crippen molar-refractivity contribution in [3.05, 3.63) is 0 Å². The van der Waals surface area contributed by atoms with Gasteiger partial charge in [0.15, 0.2) is 0 Å². The van der Waals surface area contributed by atoms with Crippen LogP contribution in [0.15, 0.2) is 0 Å². The summed E-state index contributed by atoms with van der Waals surface area (Å²) in [6, 6.07) is 1.71. The first-order valence-corrected chi connectivity index (χ1v) is 7.91. The van der Waals surface area contributed by atoms with Gasteiger partial charge in [0.1, 0.15) is 0 Å². The summed E-state index contributed by atoms with van der Waals surface area (Å²) in [6.07, 6.45) is 8.85. The van der Waals surface area contributed by atoms with Crippen molar-refractivity contribution >= 4 is 0 Å². The van der Waals surface area contributed by atoms with Gasteiger partial charge in [-0.05, 0) is 61.7 Å². The van der Waals surface area contributed by atoms with Crippen LogP contribution in [0.5, 0.6) is 0 Å². The molecule has 0 aromatic rings. The number of rotatable bonds is 3. The Bertz CT molecular complexity index is 273. The first kappa shape index (κ1) is 12.0. The largest absolute Gasteiger partial charge is 0.311 e. The molecule has 0 bridgehead atoms. The SMILES string of the molecule is CC1CCC(C(C)C)C(NC2CCC3CC32)C1. The van der Waals surface area contributed by atoms with Gasteiger partial charge in [-0.15, -0.1) is 0 Å². The first-order valence-electron chi connectivity index (χ1n) is 7.91. The Hall–Kier alpha value is -0.0400. The third-order valence-corrected chi connectivity index (χ3v) is 5.79. The second kappa shape index (κ2) is 4.57. The zero-order valence-electron chi connectivity index (χ0n) is 11.8. The van der Waals surface area contributed by atoms with E-state index in [0.717, 1.165) is 41.7 Å². The van der Waals surface area contributed by atoms with Gasteiger partial charge >= 0.3 is 0 Å². The fourth-order valence-electron chi connectivity index (χ4n) is 4.58. The third kappa shape index (κ3) is 2.41. The van der Waals surface area contributed by atoms with E-state index in [9.17, 15) is 0 Å². The van der Waals surface area contributed by atoms with Crippen LogP contribution in [-0.2, 0) is 0 Å². The van der Waals surface area contributed by atoms with E-state index in [-0.39, 0.29) is 0 Å². The van der Waals surface area contributed by atoms with Crippen molar-refractivity contribution in [2.75, 3.05) is 0 Å². The Morgan fingerprint density at radius 3 is 2.35 bits per heavy atom. The van der Waals surface area contributed by atoms with Crippen LogP contribution in [-0.4, -0.2) is 12.1 Å². The highest BCUT2D eigenvalue weighted by atomic mass is 15.0. The molecule has 6 unspecified atom stereocenters. The highest BCUT2D eigenvalue weighted by molar-refractivity contribution is 5.03. The van der Waals surface area contributed by atoms with Crippen molar-refractivity contribution in [3.8, 4) is 0 Å². The van der Waals surface area contributed by atoms with Gasteiger partial charge in [0, 0.05) is 12.1 Å². The van der Waals surface area contributed by atoms with E-state index in [4.69, 9.17) is 0 Å². The summed E-state index contributed by atoms with van der Waals surface area (Å²) in [4.78, 5) is 0. The predicted octanol–water partition coefficient (Wildman–Crippen LogP) is 3.84. The molecule has 3 aliphatic carbocycles. The number of fused-ring (bicyclic) bond motifs is 1. The van der Waals surface area contributed by atoms with Crippen LogP contribution >= 0.6 is 0 Å². The van der Waals surface area contributed by atoms with Gasteiger partial charge in [-0.25, -0.2) is 0 Å². The number of hydrogen-bond donors (Lipinski definition) is 1. The molecule has 98 valence electrons. The molecule has 1 heteroatoms. The molecule has 0 heterocycles. The maximum absolute atomic E-state index is 4.07. The van der Waals surface area contributed by atoms with Gasteiger partial charge in [-0.2, -0.15) is 0 Å². The van der Waals surface area contributed by atoms with Crippen LogP contribution in [0.25, 0.3) is 0 Å². The zero-order valence-corrected chi connectivity index (χ0v) is 11.8. The lowest BCUT2D eigenvalue weighted by molar-refractivity contribution is 0.156. The summed E-state index contributed by atoms with van der Waals surface area (Å²) in [5.74, 6) is 4.92. The van der Waals surface area contributed by atoms with E-state index in [1.54, 1.807) is 0 Å². The highest BCUT2D eigenvalue weighted by Crippen LogP contribution is 2.52. The van der Waals surface area contributed by atoms with Crippen LogP contribution in [0, 0.1) is 29.6 Å². The first-order chi connectivity index (χ1) is 8.15. The Kier molecular flexibility index (Phi) is 3.23. The van der Waals surface area contributed by atoms with E-state index < -0.39 is 0 Å². The average molecular weight is 235 g/mol. The molecule has 0 saturated heterocycles. The van der Waals surface area contributed by atoms with Gasteiger partial charge in [0.2, 0.25) is 0 Å². The lowest BCUT2D eigenvalue weighted by atomic mass is 9.73. The standard InChI is InChI=1S/C16H29N/c1-10(2)13-6-4-11(3)8-16(13)17-15-7-5-12-9-14(12)15/h10-17H,4-9H2,1-3H3. The summed E-state index contributed by atoms with van der Waals surface area (Å²) in [6.45, 7) is 7.29. The fraction of sp³-hybridized carbons (Fsp3) is 1.00. The van der Waals surface area contributed by atoms with Gasteiger partial charge in [0.05, 0.1) is 0 Å². The van der Waals surface area contributed by atoms with E-state index >= 15 is 0 Å². The molecule has 0 amide bonds. The monoisotopic (exact) mass is 235 g/mol. The zero-order chi connectivity index (χ0) is 12.0. The second-order valence-electron chi connectivity index (χ2n) is 7.44. The van der Waals surface area contributed by atoms with Crippen molar-refractivity contribution in [1.29, 1.82) is 0 Å². The molecule has 3 rings (SSSR count). The molecule has 0 spiro atoms. The Morgan fingerprint density at radius 2 is 1.76 bits per heavy atom. The van der Waals surface area contributed by atoms with Gasteiger partial charge in [0.25, 0.3) is 0 Å². The van der Waals surface area contributed by atoms with Crippen LogP contribution in [0.2, 0.25) is 0 Å². The molecule has 6 atom stereocenters. The minimum atomic E-state index is 0.822. The summed E-state index contributed by atoms with van der Waals surface area (Å²) in [7, 11) is 0. The minimum Gasteiger partial charge on any atom is -0.311 e. The lowest BCUT2D eigenvalue weighted by Crippen LogP contribution is -2.47. The molecular formula is C16H29N. The summed E-state index contributed by atoms with van der Waals surface area (Å²) < 4.78 is 0. The predicted molar refractivity (Wildman–Crippen MR) is 72.9 cm³/mol. The van der Waals surface area contributed by atoms with E-state index in [0.29, 0.717) is 0 Å². The molecule has 1 nitrogen and oxygen atoms in total. The van der Waals surface area contributed by atoms with Gasteiger partial charge in [-0.3, -0.25) is 0 Å². The molecule has 3 fully saturated rings. The van der Waals surface area contributed by atoms with Gasteiger partial charge < -0.3 is 5.32 Å². The minimum absolute atomic E-state index is 0.822. The smallest absolute Gasteiger partial charge is 0.0103 e. The van der Waals surface area contributed by atoms with Crippen molar-refractivity contribution < 1.29 is 0 Å². The Labute approximate surface area is 107 Å². The Balaban J connectivity index is 1.61. The molecule has 3 saturated carbocycles. The van der Waals surface area contributed by atoms with Crippen molar-refractivity contribution in [2.45, 2.75) is 71.4 Å². The number of hydrogen-bond acceptors (Lipinski definition) is 1. The average Bonchev–Trinajstić information content (AvgIpc) is 2.95. The molecule has 17 heavy (non-hydrogen) atoms. The summed E-state index contributed by atoms with van der Waals surface area (Å²) in [5.41, 5.74) is 0. The quantitative estimate of drug-likeness (QED) is 0.784. The van der Waals surface area contributed by atoms with Crippen LogP contribution in [0.1, 0.15) is 59.3 Å². The van der Waals surface area contributed by atoms with E-state index in [1.165, 1.54) is 38.5 Å². The molecule has 1 N–H and O–H groups in total. The van der Waals surface area contributed by atoms with Crippen molar-refractivity contribution in [3.63, 3.8) is 0 Å². The molecule has 0 radical (unpaired) electrons. The molecule has 3 aliphatic rings. The second-order valence-corrected chi connectivity index (χ2v) is 7.44. The lowest BCUT2D eigenvalue weighted by Gasteiger charge is -2.39. The molecular weight excluding hydrogens is 206 g/mol. The molecule has 0 aliphatic heterocycles. The van der Waals surface area contributed by atoms with Crippen LogP contribution < -0.4 is 5.32 Å². The molecule has 0 aromatic carbocycles. The molecule has 0 aromatic heterocycles.